The molecule has 0 atom stereocenters. The van der Waals surface area contributed by atoms with Crippen LogP contribution in [-0.4, -0.2) is 56.7 Å². The largest absolute Gasteiger partial charge is 0.465 e. The second kappa shape index (κ2) is 8.83. The topological polar surface area (TPSA) is 102 Å². The van der Waals surface area contributed by atoms with Crippen LogP contribution in [0.15, 0.2) is 18.2 Å². The molecule has 21 heavy (non-hydrogen) atoms. The van der Waals surface area contributed by atoms with E-state index in [0.29, 0.717) is 6.29 Å². The lowest BCUT2D eigenvalue weighted by atomic mass is 10.1. The van der Waals surface area contributed by atoms with Gasteiger partial charge in [0.05, 0.1) is 32.5 Å². The Kier molecular flexibility index (Phi) is 7.06. The van der Waals surface area contributed by atoms with Gasteiger partial charge in [0.1, 0.15) is 6.29 Å². The quantitative estimate of drug-likeness (QED) is 0.398. The second-order valence-electron chi connectivity index (χ2n) is 4.05. The maximum atomic E-state index is 11.9. The lowest BCUT2D eigenvalue weighted by Crippen LogP contribution is -2.28. The predicted octanol–water partition coefficient (Wildman–Crippen LogP) is 0.0244. The average Bonchev–Trinajstić information content (AvgIpc) is 2.53. The molecule has 0 spiro atoms. The number of hydrogen-bond donors (Lipinski definition) is 2. The first-order valence-corrected chi connectivity index (χ1v) is 6.27. The summed E-state index contributed by atoms with van der Waals surface area (Å²) in [5.74, 6) is -1.06. The predicted molar refractivity (Wildman–Crippen MR) is 73.4 cm³/mol. The van der Waals surface area contributed by atoms with E-state index in [1.165, 1.54) is 25.3 Å². The van der Waals surface area contributed by atoms with Crippen LogP contribution >= 0.6 is 0 Å². The molecule has 0 fully saturated rings. The molecule has 1 aromatic rings. The maximum Gasteiger partial charge on any atom is 0.337 e. The highest BCUT2D eigenvalue weighted by molar-refractivity contribution is 6.00. The van der Waals surface area contributed by atoms with Crippen molar-refractivity contribution >= 4 is 18.2 Å². The van der Waals surface area contributed by atoms with Crippen molar-refractivity contribution in [2.24, 2.45) is 0 Å². The fourth-order valence-electron chi connectivity index (χ4n) is 1.59. The molecule has 0 radical (unpaired) electrons. The SMILES string of the molecule is COC(=O)c1cc(C=O)cc(C(=O)NCCOCCO)c1. The molecule has 1 amide bonds. The molecule has 0 saturated carbocycles. The van der Waals surface area contributed by atoms with E-state index in [1.807, 2.05) is 0 Å². The third-order valence-electron chi connectivity index (χ3n) is 2.54. The molecule has 0 heterocycles. The molecule has 2 N–H and O–H groups in total. The zero-order chi connectivity index (χ0) is 15.7. The minimum absolute atomic E-state index is 0.0855. The maximum absolute atomic E-state index is 11.9. The molecule has 1 aromatic carbocycles. The van der Waals surface area contributed by atoms with Gasteiger partial charge in [0.25, 0.3) is 5.91 Å². The van der Waals surface area contributed by atoms with Gasteiger partial charge in [-0.25, -0.2) is 4.79 Å². The molecular formula is C14H17NO6. The van der Waals surface area contributed by atoms with E-state index in [2.05, 4.69) is 10.1 Å². The van der Waals surface area contributed by atoms with Crippen LogP contribution in [-0.2, 0) is 9.47 Å². The molecule has 114 valence electrons. The Morgan fingerprint density at radius 1 is 1.24 bits per heavy atom. The summed E-state index contributed by atoms with van der Waals surface area (Å²) >= 11 is 0. The van der Waals surface area contributed by atoms with Crippen molar-refractivity contribution in [1.29, 1.82) is 0 Å². The molecule has 7 nitrogen and oxygen atoms in total. The molecule has 0 aliphatic carbocycles. The number of esters is 1. The molecule has 0 aromatic heterocycles. The Morgan fingerprint density at radius 3 is 2.57 bits per heavy atom. The van der Waals surface area contributed by atoms with Crippen molar-refractivity contribution in [3.05, 3.63) is 34.9 Å². The van der Waals surface area contributed by atoms with Gasteiger partial charge in [0.2, 0.25) is 0 Å². The number of benzene rings is 1. The molecule has 0 unspecified atom stereocenters. The fraction of sp³-hybridized carbons (Fsp3) is 0.357. The van der Waals surface area contributed by atoms with E-state index in [1.54, 1.807) is 0 Å². The van der Waals surface area contributed by atoms with Gasteiger partial charge in [0, 0.05) is 17.7 Å². The molecule has 1 rings (SSSR count). The number of amides is 1. The number of rotatable bonds is 8. The van der Waals surface area contributed by atoms with Gasteiger partial charge in [-0.1, -0.05) is 0 Å². The third-order valence-corrected chi connectivity index (χ3v) is 2.54. The summed E-state index contributed by atoms with van der Waals surface area (Å²) in [6, 6.07) is 4.08. The molecule has 0 aliphatic heterocycles. The van der Waals surface area contributed by atoms with Gasteiger partial charge < -0.3 is 19.9 Å². The Balaban J connectivity index is 2.74. The lowest BCUT2D eigenvalue weighted by Gasteiger charge is -2.08. The molecular weight excluding hydrogens is 278 g/mol. The Morgan fingerprint density at radius 2 is 1.95 bits per heavy atom. The zero-order valence-corrected chi connectivity index (χ0v) is 11.6. The van der Waals surface area contributed by atoms with Crippen molar-refractivity contribution in [3.63, 3.8) is 0 Å². The van der Waals surface area contributed by atoms with Crippen LogP contribution in [0.25, 0.3) is 0 Å². The second-order valence-corrected chi connectivity index (χ2v) is 4.05. The molecule has 0 saturated heterocycles. The fourth-order valence-corrected chi connectivity index (χ4v) is 1.59. The number of nitrogens with one attached hydrogen (secondary N) is 1. The van der Waals surface area contributed by atoms with Crippen molar-refractivity contribution in [3.8, 4) is 0 Å². The summed E-state index contributed by atoms with van der Waals surface area (Å²) in [5.41, 5.74) is 0.519. The Bertz CT molecular complexity index is 514. The summed E-state index contributed by atoms with van der Waals surface area (Å²) in [7, 11) is 1.22. The Labute approximate surface area is 121 Å². The highest BCUT2D eigenvalue weighted by Gasteiger charge is 2.13. The number of hydrogen-bond acceptors (Lipinski definition) is 6. The van der Waals surface area contributed by atoms with Gasteiger partial charge in [-0.05, 0) is 18.2 Å². The summed E-state index contributed by atoms with van der Waals surface area (Å²) < 4.78 is 9.56. The van der Waals surface area contributed by atoms with Gasteiger partial charge >= 0.3 is 5.97 Å². The summed E-state index contributed by atoms with van der Waals surface area (Å²) in [6.45, 7) is 0.613. The van der Waals surface area contributed by atoms with Gasteiger partial charge in [0.15, 0.2) is 0 Å². The van der Waals surface area contributed by atoms with E-state index in [4.69, 9.17) is 9.84 Å². The standard InChI is InChI=1S/C14H17NO6/c1-20-14(19)12-7-10(9-17)6-11(8-12)13(18)15-2-4-21-5-3-16/h6-9,16H,2-5H2,1H3,(H,15,18). The third kappa shape index (κ3) is 5.33. The first-order valence-electron chi connectivity index (χ1n) is 6.27. The highest BCUT2D eigenvalue weighted by Crippen LogP contribution is 2.10. The minimum atomic E-state index is -0.626. The smallest absolute Gasteiger partial charge is 0.337 e. The van der Waals surface area contributed by atoms with Crippen molar-refractivity contribution < 1.29 is 29.0 Å². The van der Waals surface area contributed by atoms with E-state index < -0.39 is 11.9 Å². The first kappa shape index (κ1) is 16.8. The number of methoxy groups -OCH3 is 1. The van der Waals surface area contributed by atoms with Crippen molar-refractivity contribution in [1.82, 2.24) is 5.32 Å². The van der Waals surface area contributed by atoms with E-state index in [0.717, 1.165) is 0 Å². The summed E-state index contributed by atoms with van der Waals surface area (Å²) in [5, 5.41) is 11.1. The summed E-state index contributed by atoms with van der Waals surface area (Å²) in [4.78, 5) is 34.2. The number of carbonyl (C=O) groups is 3. The van der Waals surface area contributed by atoms with E-state index >= 15 is 0 Å². The van der Waals surface area contributed by atoms with E-state index in [9.17, 15) is 14.4 Å². The van der Waals surface area contributed by atoms with Crippen LogP contribution in [0.1, 0.15) is 31.1 Å². The molecule has 0 bridgehead atoms. The van der Waals surface area contributed by atoms with Gasteiger partial charge in [-0.3, -0.25) is 9.59 Å². The van der Waals surface area contributed by atoms with Crippen LogP contribution in [0.5, 0.6) is 0 Å². The van der Waals surface area contributed by atoms with Crippen molar-refractivity contribution in [2.45, 2.75) is 0 Å². The van der Waals surface area contributed by atoms with Crippen LogP contribution in [0.2, 0.25) is 0 Å². The van der Waals surface area contributed by atoms with Crippen molar-refractivity contribution in [2.75, 3.05) is 33.5 Å². The normalized spacial score (nSPS) is 10.0. The van der Waals surface area contributed by atoms with Crippen LogP contribution in [0.3, 0.4) is 0 Å². The number of ether oxygens (including phenoxy) is 2. The number of carbonyl (C=O) groups excluding carboxylic acids is 3. The zero-order valence-electron chi connectivity index (χ0n) is 11.6. The molecule has 7 heteroatoms. The van der Waals surface area contributed by atoms with Gasteiger partial charge in [-0.2, -0.15) is 0 Å². The number of aliphatic hydroxyl groups excluding tert-OH is 1. The van der Waals surface area contributed by atoms with E-state index in [-0.39, 0.29) is 43.1 Å². The monoisotopic (exact) mass is 295 g/mol. The lowest BCUT2D eigenvalue weighted by molar-refractivity contribution is 0.0600. The van der Waals surface area contributed by atoms with Crippen LogP contribution < -0.4 is 5.32 Å². The number of aldehydes is 1. The van der Waals surface area contributed by atoms with Crippen LogP contribution in [0.4, 0.5) is 0 Å². The minimum Gasteiger partial charge on any atom is -0.465 e. The van der Waals surface area contributed by atoms with Gasteiger partial charge in [-0.15, -0.1) is 0 Å². The number of aliphatic hydroxyl groups is 1. The average molecular weight is 295 g/mol. The molecule has 0 aliphatic rings. The highest BCUT2D eigenvalue weighted by atomic mass is 16.5. The van der Waals surface area contributed by atoms with Crippen LogP contribution in [0, 0.1) is 0 Å². The first-order chi connectivity index (χ1) is 10.1. The Hall–Kier alpha value is -2.25. The summed E-state index contributed by atoms with van der Waals surface area (Å²) in [6.07, 6.45) is 0.549.